The van der Waals surface area contributed by atoms with Gasteiger partial charge in [0.05, 0.1) is 0 Å². The Morgan fingerprint density at radius 3 is 2.69 bits per heavy atom. The highest BCUT2D eigenvalue weighted by Crippen LogP contribution is 2.34. The second-order valence-electron chi connectivity index (χ2n) is 4.38. The van der Waals surface area contributed by atoms with Crippen LogP contribution >= 0.6 is 0 Å². The Morgan fingerprint density at radius 2 is 2.00 bits per heavy atom. The maximum atomic E-state index is 2.44. The van der Waals surface area contributed by atoms with Gasteiger partial charge >= 0.3 is 0 Å². The summed E-state index contributed by atoms with van der Waals surface area (Å²) in [5.74, 6) is 1.91. The predicted octanol–water partition coefficient (Wildman–Crippen LogP) is 4.56. The van der Waals surface area contributed by atoms with Gasteiger partial charge in [0.25, 0.3) is 0 Å². The van der Waals surface area contributed by atoms with Gasteiger partial charge in [0.2, 0.25) is 0 Å². The first kappa shape index (κ1) is 10.8. The van der Waals surface area contributed by atoms with Gasteiger partial charge in [-0.05, 0) is 38.0 Å². The van der Waals surface area contributed by atoms with Crippen molar-refractivity contribution in [3.8, 4) is 0 Å². The molecule has 0 saturated heterocycles. The van der Waals surface area contributed by atoms with Crippen LogP contribution in [0.4, 0.5) is 0 Å². The van der Waals surface area contributed by atoms with Crippen LogP contribution in [-0.4, -0.2) is 0 Å². The van der Waals surface area contributed by atoms with E-state index in [0.717, 1.165) is 11.8 Å². The predicted molar refractivity (Wildman–Crippen MR) is 59.8 cm³/mol. The summed E-state index contributed by atoms with van der Waals surface area (Å²) in [6, 6.07) is 0. The molecular weight excluding hydrogens is 156 g/mol. The molecule has 0 aromatic heterocycles. The normalized spacial score (nSPS) is 29.7. The Balaban J connectivity index is 2.36. The summed E-state index contributed by atoms with van der Waals surface area (Å²) in [6.45, 7) is 4.46. The SMILES string of the molecule is C/C=C\C1CCCCC1CCCC. The van der Waals surface area contributed by atoms with E-state index in [-0.39, 0.29) is 0 Å². The summed E-state index contributed by atoms with van der Waals surface area (Å²) in [4.78, 5) is 0. The van der Waals surface area contributed by atoms with Crippen molar-refractivity contribution in [3.63, 3.8) is 0 Å². The molecule has 1 saturated carbocycles. The zero-order valence-corrected chi connectivity index (χ0v) is 9.26. The summed E-state index contributed by atoms with van der Waals surface area (Å²) in [5, 5.41) is 0. The van der Waals surface area contributed by atoms with Crippen molar-refractivity contribution >= 4 is 0 Å². The fourth-order valence-corrected chi connectivity index (χ4v) is 2.56. The van der Waals surface area contributed by atoms with Gasteiger partial charge in [-0.3, -0.25) is 0 Å². The smallest absolute Gasteiger partial charge is 0.0205 e. The maximum Gasteiger partial charge on any atom is -0.0205 e. The molecule has 76 valence electrons. The minimum absolute atomic E-state index is 0.908. The second kappa shape index (κ2) is 6.23. The standard InChI is InChI=1S/C13H24/c1-3-5-9-13-11-7-6-10-12(13)8-4-2/h4,8,12-13H,3,5-7,9-11H2,1-2H3/b8-4-. The number of hydrogen-bond donors (Lipinski definition) is 0. The maximum absolute atomic E-state index is 2.44. The van der Waals surface area contributed by atoms with Crippen molar-refractivity contribution in [2.45, 2.75) is 58.8 Å². The molecular formula is C13H24. The highest BCUT2D eigenvalue weighted by Gasteiger charge is 2.21. The summed E-state index contributed by atoms with van der Waals surface area (Å²) < 4.78 is 0. The van der Waals surface area contributed by atoms with E-state index < -0.39 is 0 Å². The van der Waals surface area contributed by atoms with Crippen molar-refractivity contribution in [2.24, 2.45) is 11.8 Å². The third-order valence-corrected chi connectivity index (χ3v) is 3.34. The van der Waals surface area contributed by atoms with Crippen molar-refractivity contribution in [1.29, 1.82) is 0 Å². The van der Waals surface area contributed by atoms with Crippen molar-refractivity contribution in [1.82, 2.24) is 0 Å². The molecule has 0 nitrogen and oxygen atoms in total. The Labute approximate surface area is 83.4 Å². The second-order valence-corrected chi connectivity index (χ2v) is 4.38. The fourth-order valence-electron chi connectivity index (χ4n) is 2.56. The van der Waals surface area contributed by atoms with E-state index in [2.05, 4.69) is 26.0 Å². The molecule has 1 rings (SSSR count). The Hall–Kier alpha value is -0.260. The molecule has 0 radical (unpaired) electrons. The van der Waals surface area contributed by atoms with E-state index in [4.69, 9.17) is 0 Å². The Morgan fingerprint density at radius 1 is 1.23 bits per heavy atom. The molecule has 0 amide bonds. The van der Waals surface area contributed by atoms with Gasteiger partial charge < -0.3 is 0 Å². The van der Waals surface area contributed by atoms with E-state index >= 15 is 0 Å². The molecule has 0 heterocycles. The number of allylic oxidation sites excluding steroid dienone is 2. The largest absolute Gasteiger partial charge is 0.0914 e. The molecule has 0 heteroatoms. The minimum Gasteiger partial charge on any atom is -0.0914 e. The molecule has 0 bridgehead atoms. The lowest BCUT2D eigenvalue weighted by Crippen LogP contribution is -2.17. The molecule has 0 aliphatic heterocycles. The van der Waals surface area contributed by atoms with Gasteiger partial charge in [-0.1, -0.05) is 44.8 Å². The summed E-state index contributed by atoms with van der Waals surface area (Å²) in [6.07, 6.45) is 14.8. The molecule has 0 aromatic carbocycles. The van der Waals surface area contributed by atoms with Gasteiger partial charge in [-0.2, -0.15) is 0 Å². The van der Waals surface area contributed by atoms with Crippen LogP contribution in [-0.2, 0) is 0 Å². The molecule has 0 aromatic rings. The van der Waals surface area contributed by atoms with Crippen LogP contribution in [0.15, 0.2) is 12.2 Å². The molecule has 1 fully saturated rings. The molecule has 1 aliphatic carbocycles. The van der Waals surface area contributed by atoms with E-state index in [1.807, 2.05) is 0 Å². The molecule has 2 unspecified atom stereocenters. The van der Waals surface area contributed by atoms with Gasteiger partial charge in [-0.25, -0.2) is 0 Å². The Bertz CT molecular complexity index is 146. The monoisotopic (exact) mass is 180 g/mol. The number of unbranched alkanes of at least 4 members (excludes halogenated alkanes) is 1. The fraction of sp³-hybridized carbons (Fsp3) is 0.846. The highest BCUT2D eigenvalue weighted by atomic mass is 14.3. The van der Waals surface area contributed by atoms with Gasteiger partial charge in [0.1, 0.15) is 0 Å². The minimum atomic E-state index is 0.908. The van der Waals surface area contributed by atoms with Crippen molar-refractivity contribution in [3.05, 3.63) is 12.2 Å². The van der Waals surface area contributed by atoms with Crippen LogP contribution < -0.4 is 0 Å². The van der Waals surface area contributed by atoms with Crippen LogP contribution in [0.5, 0.6) is 0 Å². The topological polar surface area (TPSA) is 0 Å². The molecule has 1 aliphatic rings. The first-order valence-electron chi connectivity index (χ1n) is 6.01. The third kappa shape index (κ3) is 3.54. The number of rotatable bonds is 4. The third-order valence-electron chi connectivity index (χ3n) is 3.34. The van der Waals surface area contributed by atoms with Crippen molar-refractivity contribution in [2.75, 3.05) is 0 Å². The van der Waals surface area contributed by atoms with E-state index in [0.29, 0.717) is 0 Å². The van der Waals surface area contributed by atoms with Gasteiger partial charge in [0, 0.05) is 0 Å². The van der Waals surface area contributed by atoms with Crippen molar-refractivity contribution < 1.29 is 0 Å². The average molecular weight is 180 g/mol. The first-order valence-corrected chi connectivity index (χ1v) is 6.01. The lowest BCUT2D eigenvalue weighted by atomic mass is 9.76. The van der Waals surface area contributed by atoms with Crippen LogP contribution in [0.3, 0.4) is 0 Å². The highest BCUT2D eigenvalue weighted by molar-refractivity contribution is 4.91. The molecule has 2 atom stereocenters. The Kier molecular flexibility index (Phi) is 5.19. The molecule has 0 spiro atoms. The zero-order chi connectivity index (χ0) is 9.52. The van der Waals surface area contributed by atoms with Crippen LogP contribution in [0.2, 0.25) is 0 Å². The summed E-state index contributed by atoms with van der Waals surface area (Å²) >= 11 is 0. The summed E-state index contributed by atoms with van der Waals surface area (Å²) in [7, 11) is 0. The zero-order valence-electron chi connectivity index (χ0n) is 9.26. The van der Waals surface area contributed by atoms with E-state index in [1.165, 1.54) is 44.9 Å². The van der Waals surface area contributed by atoms with Crippen LogP contribution in [0.1, 0.15) is 58.8 Å². The molecule has 13 heavy (non-hydrogen) atoms. The molecule has 0 N–H and O–H groups in total. The quantitative estimate of drug-likeness (QED) is 0.556. The lowest BCUT2D eigenvalue weighted by Gasteiger charge is -2.29. The van der Waals surface area contributed by atoms with E-state index in [9.17, 15) is 0 Å². The van der Waals surface area contributed by atoms with Crippen LogP contribution in [0, 0.1) is 11.8 Å². The first-order chi connectivity index (χ1) is 6.38. The van der Waals surface area contributed by atoms with Gasteiger partial charge in [-0.15, -0.1) is 0 Å². The van der Waals surface area contributed by atoms with E-state index in [1.54, 1.807) is 0 Å². The average Bonchev–Trinajstić information content (AvgIpc) is 2.17. The number of hydrogen-bond acceptors (Lipinski definition) is 0. The van der Waals surface area contributed by atoms with Gasteiger partial charge in [0.15, 0.2) is 0 Å². The lowest BCUT2D eigenvalue weighted by molar-refractivity contribution is 0.263. The van der Waals surface area contributed by atoms with Crippen LogP contribution in [0.25, 0.3) is 0 Å². The summed E-state index contributed by atoms with van der Waals surface area (Å²) in [5.41, 5.74) is 0.